The average Bonchev–Trinajstić information content (AvgIpc) is 2.76. The summed E-state index contributed by atoms with van der Waals surface area (Å²) in [5.41, 5.74) is 3.66. The molecule has 1 aliphatic rings. The Kier molecular flexibility index (Phi) is 8.39. The number of aryl methyl sites for hydroxylation is 2. The van der Waals surface area contributed by atoms with Gasteiger partial charge in [-0.15, -0.1) is 0 Å². The third-order valence-corrected chi connectivity index (χ3v) is 5.75. The summed E-state index contributed by atoms with van der Waals surface area (Å²) in [4.78, 5) is 28.1. The number of para-hydroxylation sites is 1. The highest BCUT2D eigenvalue weighted by atomic mass is 16.5. The second-order valence-electron chi connectivity index (χ2n) is 8.44. The Morgan fingerprint density at radius 2 is 1.59 bits per heavy atom. The van der Waals surface area contributed by atoms with E-state index in [2.05, 4.69) is 15.1 Å². The Balaban J connectivity index is 1.37. The van der Waals surface area contributed by atoms with Crippen molar-refractivity contribution in [1.82, 2.24) is 9.80 Å². The number of aliphatic hydroxyl groups is 1. The largest absolute Gasteiger partial charge is 0.491 e. The lowest BCUT2D eigenvalue weighted by molar-refractivity contribution is -0.117. The molecule has 0 saturated carbocycles. The molecule has 32 heavy (non-hydrogen) atoms. The number of piperazine rings is 1. The number of rotatable bonds is 9. The van der Waals surface area contributed by atoms with E-state index in [0.29, 0.717) is 24.4 Å². The topological polar surface area (TPSA) is 82.1 Å². The highest BCUT2D eigenvalue weighted by molar-refractivity contribution is 5.94. The number of benzene rings is 2. The zero-order valence-corrected chi connectivity index (χ0v) is 19.1. The Hall–Kier alpha value is -2.74. The second-order valence-corrected chi connectivity index (χ2v) is 8.44. The first-order valence-electron chi connectivity index (χ1n) is 11.0. The van der Waals surface area contributed by atoms with E-state index >= 15 is 0 Å². The fraction of sp³-hybridized carbons (Fsp3) is 0.440. The summed E-state index contributed by atoms with van der Waals surface area (Å²) in [6.07, 6.45) is -0.610. The maximum Gasteiger partial charge on any atom is 0.238 e. The molecule has 0 aliphatic carbocycles. The van der Waals surface area contributed by atoms with Crippen molar-refractivity contribution in [2.75, 3.05) is 51.2 Å². The zero-order valence-electron chi connectivity index (χ0n) is 19.1. The first kappa shape index (κ1) is 23.9. The van der Waals surface area contributed by atoms with Gasteiger partial charge in [-0.25, -0.2) is 0 Å². The number of ketones is 1. The molecule has 7 heteroatoms. The molecule has 0 radical (unpaired) electrons. The molecule has 1 fully saturated rings. The van der Waals surface area contributed by atoms with Crippen LogP contribution in [0.3, 0.4) is 0 Å². The SMILES string of the molecule is CC(=O)c1ccc(OC[C@H](O)CN2CCN(CC(=O)Nc3c(C)cccc3C)CC2)cc1. The molecule has 0 unspecified atom stereocenters. The van der Waals surface area contributed by atoms with Crippen LogP contribution < -0.4 is 10.1 Å². The number of β-amino-alcohol motifs (C(OH)–C–C–N with tert-alkyl or cyclic N) is 1. The number of carbonyl (C=O) groups excluding carboxylic acids is 2. The van der Waals surface area contributed by atoms with Crippen molar-refractivity contribution < 1.29 is 19.4 Å². The van der Waals surface area contributed by atoms with Crippen LogP contribution in [0.5, 0.6) is 5.75 Å². The van der Waals surface area contributed by atoms with Crippen LogP contribution in [0.25, 0.3) is 0 Å². The van der Waals surface area contributed by atoms with Crippen LogP contribution in [0.15, 0.2) is 42.5 Å². The summed E-state index contributed by atoms with van der Waals surface area (Å²) in [7, 11) is 0. The fourth-order valence-electron chi connectivity index (χ4n) is 3.85. The monoisotopic (exact) mass is 439 g/mol. The highest BCUT2D eigenvalue weighted by Crippen LogP contribution is 2.19. The van der Waals surface area contributed by atoms with Crippen molar-refractivity contribution in [3.8, 4) is 5.75 Å². The summed E-state index contributed by atoms with van der Waals surface area (Å²) in [5.74, 6) is 0.646. The van der Waals surface area contributed by atoms with E-state index in [4.69, 9.17) is 4.74 Å². The number of hydrogen-bond donors (Lipinski definition) is 2. The van der Waals surface area contributed by atoms with E-state index in [-0.39, 0.29) is 18.3 Å². The van der Waals surface area contributed by atoms with Crippen molar-refractivity contribution >= 4 is 17.4 Å². The Bertz CT molecular complexity index is 901. The zero-order chi connectivity index (χ0) is 23.1. The van der Waals surface area contributed by atoms with E-state index in [1.54, 1.807) is 24.3 Å². The number of aliphatic hydroxyl groups excluding tert-OH is 1. The van der Waals surface area contributed by atoms with Crippen LogP contribution in [-0.2, 0) is 4.79 Å². The van der Waals surface area contributed by atoms with Crippen LogP contribution in [0.2, 0.25) is 0 Å². The first-order valence-corrected chi connectivity index (χ1v) is 11.0. The highest BCUT2D eigenvalue weighted by Gasteiger charge is 2.21. The molecule has 0 bridgehead atoms. The number of amides is 1. The quantitative estimate of drug-likeness (QED) is 0.585. The van der Waals surface area contributed by atoms with Crippen molar-refractivity contribution in [3.63, 3.8) is 0 Å². The van der Waals surface area contributed by atoms with Crippen molar-refractivity contribution in [1.29, 1.82) is 0 Å². The van der Waals surface area contributed by atoms with E-state index in [9.17, 15) is 14.7 Å². The van der Waals surface area contributed by atoms with E-state index < -0.39 is 6.10 Å². The van der Waals surface area contributed by atoms with Gasteiger partial charge in [-0.2, -0.15) is 0 Å². The van der Waals surface area contributed by atoms with Gasteiger partial charge in [0.1, 0.15) is 18.5 Å². The van der Waals surface area contributed by atoms with Crippen LogP contribution in [-0.4, -0.2) is 78.6 Å². The predicted octanol–water partition coefficient (Wildman–Crippen LogP) is 2.50. The van der Waals surface area contributed by atoms with Gasteiger partial charge in [-0.1, -0.05) is 18.2 Å². The third kappa shape index (κ3) is 6.88. The van der Waals surface area contributed by atoms with Gasteiger partial charge in [-0.3, -0.25) is 19.4 Å². The lowest BCUT2D eigenvalue weighted by Crippen LogP contribution is -2.50. The van der Waals surface area contributed by atoms with Crippen LogP contribution in [0, 0.1) is 13.8 Å². The number of ether oxygens (including phenoxy) is 1. The van der Waals surface area contributed by atoms with Gasteiger partial charge in [-0.05, 0) is 56.2 Å². The molecule has 0 spiro atoms. The fourth-order valence-corrected chi connectivity index (χ4v) is 3.85. The van der Waals surface area contributed by atoms with Crippen LogP contribution >= 0.6 is 0 Å². The molecule has 3 rings (SSSR count). The molecule has 1 heterocycles. The minimum Gasteiger partial charge on any atom is -0.491 e. The smallest absolute Gasteiger partial charge is 0.238 e. The Labute approximate surface area is 190 Å². The van der Waals surface area contributed by atoms with Gasteiger partial charge in [0, 0.05) is 44.0 Å². The minimum absolute atomic E-state index is 0.0000707. The van der Waals surface area contributed by atoms with E-state index in [0.717, 1.165) is 43.0 Å². The number of carbonyl (C=O) groups is 2. The first-order chi connectivity index (χ1) is 15.3. The summed E-state index contributed by atoms with van der Waals surface area (Å²) in [5, 5.41) is 13.4. The summed E-state index contributed by atoms with van der Waals surface area (Å²) < 4.78 is 5.64. The van der Waals surface area contributed by atoms with Crippen molar-refractivity contribution in [3.05, 3.63) is 59.2 Å². The Morgan fingerprint density at radius 1 is 1.00 bits per heavy atom. The molecule has 2 aromatic carbocycles. The molecule has 1 atom stereocenters. The second kappa shape index (κ2) is 11.2. The maximum absolute atomic E-state index is 12.5. The Morgan fingerprint density at radius 3 is 2.19 bits per heavy atom. The standard InChI is InChI=1S/C25H33N3O4/c1-18-5-4-6-19(2)25(18)26-24(31)16-28-13-11-27(12-14-28)15-22(30)17-32-23-9-7-21(8-10-23)20(3)29/h4-10,22,30H,11-17H2,1-3H3,(H,26,31)/t22-/m1/s1. The average molecular weight is 440 g/mol. The van der Waals surface area contributed by atoms with Crippen LogP contribution in [0.1, 0.15) is 28.4 Å². The number of hydrogen-bond acceptors (Lipinski definition) is 6. The van der Waals surface area contributed by atoms with E-state index in [1.807, 2.05) is 32.0 Å². The van der Waals surface area contributed by atoms with Gasteiger partial charge in [0.15, 0.2) is 5.78 Å². The molecule has 172 valence electrons. The van der Waals surface area contributed by atoms with Gasteiger partial charge < -0.3 is 15.2 Å². The third-order valence-electron chi connectivity index (χ3n) is 5.75. The number of nitrogens with one attached hydrogen (secondary N) is 1. The molecule has 2 aromatic rings. The number of anilines is 1. The van der Waals surface area contributed by atoms with Crippen LogP contribution in [0.4, 0.5) is 5.69 Å². The number of Topliss-reactive ketones (excluding diaryl/α,β-unsaturated/α-hetero) is 1. The van der Waals surface area contributed by atoms with Gasteiger partial charge >= 0.3 is 0 Å². The van der Waals surface area contributed by atoms with Crippen molar-refractivity contribution in [2.24, 2.45) is 0 Å². The van der Waals surface area contributed by atoms with Gasteiger partial charge in [0.2, 0.25) is 5.91 Å². The molecule has 7 nitrogen and oxygen atoms in total. The normalized spacial score (nSPS) is 15.9. The molecule has 2 N–H and O–H groups in total. The van der Waals surface area contributed by atoms with E-state index in [1.165, 1.54) is 6.92 Å². The van der Waals surface area contributed by atoms with Gasteiger partial charge in [0.25, 0.3) is 0 Å². The molecule has 1 amide bonds. The summed E-state index contributed by atoms with van der Waals surface area (Å²) >= 11 is 0. The molecular weight excluding hydrogens is 406 g/mol. The molecule has 0 aromatic heterocycles. The van der Waals surface area contributed by atoms with Crippen molar-refractivity contribution in [2.45, 2.75) is 26.9 Å². The summed E-state index contributed by atoms with van der Waals surface area (Å²) in [6.45, 7) is 9.74. The lowest BCUT2D eigenvalue weighted by Gasteiger charge is -2.35. The lowest BCUT2D eigenvalue weighted by atomic mass is 10.1. The van der Waals surface area contributed by atoms with Gasteiger partial charge in [0.05, 0.1) is 6.54 Å². The predicted molar refractivity (Wildman–Crippen MR) is 125 cm³/mol. The molecular formula is C25H33N3O4. The molecule has 1 saturated heterocycles. The molecule has 1 aliphatic heterocycles. The summed E-state index contributed by atoms with van der Waals surface area (Å²) in [6, 6.07) is 12.9. The maximum atomic E-state index is 12.5. The minimum atomic E-state index is -0.610. The number of nitrogens with zero attached hydrogens (tertiary/aromatic N) is 2.